The fourth-order valence-corrected chi connectivity index (χ4v) is 6.84. The second kappa shape index (κ2) is 6.65. The predicted octanol–water partition coefficient (Wildman–Crippen LogP) is 8.93. The number of aromatic nitrogens is 1. The number of benzene rings is 3. The van der Waals surface area contributed by atoms with E-state index in [1.165, 1.54) is 66.0 Å². The lowest BCUT2D eigenvalue weighted by atomic mass is 9.63. The van der Waals surface area contributed by atoms with Gasteiger partial charge in [-0.2, -0.15) is 0 Å². The van der Waals surface area contributed by atoms with Crippen LogP contribution >= 0.6 is 11.3 Å². The minimum atomic E-state index is 0.221. The summed E-state index contributed by atoms with van der Waals surface area (Å²) in [4.78, 5) is 4.89. The van der Waals surface area contributed by atoms with Crippen molar-refractivity contribution in [3.8, 4) is 11.3 Å². The maximum absolute atomic E-state index is 4.89. The Hall–Kier alpha value is -2.71. The molecule has 0 aliphatic heterocycles. The van der Waals surface area contributed by atoms with Gasteiger partial charge in [0.1, 0.15) is 0 Å². The van der Waals surface area contributed by atoms with Crippen LogP contribution in [0.5, 0.6) is 0 Å². The van der Waals surface area contributed by atoms with Gasteiger partial charge in [0, 0.05) is 27.2 Å². The zero-order valence-electron chi connectivity index (χ0n) is 19.5. The van der Waals surface area contributed by atoms with Gasteiger partial charge in [-0.25, -0.2) is 0 Å². The largest absolute Gasteiger partial charge is 0.255 e. The molecule has 2 heterocycles. The molecule has 2 aromatic heterocycles. The van der Waals surface area contributed by atoms with Crippen molar-refractivity contribution >= 4 is 42.3 Å². The number of pyridine rings is 1. The number of fused-ring (bicyclic) bond motifs is 5. The molecule has 0 amide bonds. The number of hydrogen-bond acceptors (Lipinski definition) is 2. The van der Waals surface area contributed by atoms with E-state index in [2.05, 4.69) is 89.2 Å². The number of thiophene rings is 1. The molecule has 1 aliphatic carbocycles. The molecular formula is C30H29NS. The van der Waals surface area contributed by atoms with Crippen molar-refractivity contribution < 1.29 is 0 Å². The van der Waals surface area contributed by atoms with Crippen molar-refractivity contribution in [3.05, 3.63) is 77.5 Å². The number of rotatable bonds is 1. The van der Waals surface area contributed by atoms with Crippen molar-refractivity contribution in [1.29, 1.82) is 0 Å². The van der Waals surface area contributed by atoms with E-state index in [1.54, 1.807) is 0 Å². The Morgan fingerprint density at radius 1 is 0.781 bits per heavy atom. The van der Waals surface area contributed by atoms with Crippen LogP contribution in [0.3, 0.4) is 0 Å². The van der Waals surface area contributed by atoms with Crippen LogP contribution in [0.2, 0.25) is 0 Å². The molecule has 32 heavy (non-hydrogen) atoms. The van der Waals surface area contributed by atoms with Gasteiger partial charge >= 0.3 is 0 Å². The highest BCUT2D eigenvalue weighted by molar-refractivity contribution is 7.26. The average Bonchev–Trinajstić information content (AvgIpc) is 3.14. The highest BCUT2D eigenvalue weighted by atomic mass is 32.1. The summed E-state index contributed by atoms with van der Waals surface area (Å²) in [5, 5.41) is 5.32. The SMILES string of the molecule is Cc1cc(-c2nccc3c2sc2cc4c(cc23)C(C)(C)CCC4(C)C)cc2ccccc12. The maximum Gasteiger partial charge on any atom is 0.0880 e. The van der Waals surface area contributed by atoms with E-state index in [-0.39, 0.29) is 10.8 Å². The first-order chi connectivity index (χ1) is 15.2. The van der Waals surface area contributed by atoms with Crippen molar-refractivity contribution in [3.63, 3.8) is 0 Å². The fourth-order valence-electron chi connectivity index (χ4n) is 5.61. The Kier molecular flexibility index (Phi) is 4.14. The van der Waals surface area contributed by atoms with Gasteiger partial charge in [-0.05, 0) is 88.4 Å². The van der Waals surface area contributed by atoms with Crippen LogP contribution in [0.4, 0.5) is 0 Å². The van der Waals surface area contributed by atoms with E-state index in [4.69, 9.17) is 4.98 Å². The van der Waals surface area contributed by atoms with Crippen LogP contribution in [0.1, 0.15) is 57.2 Å². The molecule has 6 rings (SSSR count). The molecule has 0 unspecified atom stereocenters. The van der Waals surface area contributed by atoms with Crippen molar-refractivity contribution in [2.75, 3.05) is 0 Å². The first-order valence-corrected chi connectivity index (χ1v) is 12.4. The first-order valence-electron chi connectivity index (χ1n) is 11.6. The van der Waals surface area contributed by atoms with Crippen LogP contribution in [0.25, 0.3) is 42.2 Å². The lowest BCUT2D eigenvalue weighted by Crippen LogP contribution is -2.33. The highest BCUT2D eigenvalue weighted by Crippen LogP contribution is 2.49. The van der Waals surface area contributed by atoms with E-state index in [0.29, 0.717) is 0 Å². The molecule has 3 aromatic carbocycles. The zero-order chi connectivity index (χ0) is 22.3. The predicted molar refractivity (Wildman–Crippen MR) is 140 cm³/mol. The minimum absolute atomic E-state index is 0.221. The third kappa shape index (κ3) is 2.85. The standard InChI is InChI=1S/C30H29NS/c1-18-14-20(15-19-8-6-7-9-21(18)19)27-28-22(10-13-31-27)23-16-24-25(17-26(23)32-28)30(4,5)12-11-29(24,2)3/h6-10,13-17H,11-12H2,1-5H3. The van der Waals surface area contributed by atoms with Crippen molar-refractivity contribution in [2.45, 2.75) is 58.3 Å². The quantitative estimate of drug-likeness (QED) is 0.256. The molecule has 0 fully saturated rings. The molecule has 2 heteroatoms. The summed E-state index contributed by atoms with van der Waals surface area (Å²) in [6.45, 7) is 11.8. The molecular weight excluding hydrogens is 406 g/mol. The van der Waals surface area contributed by atoms with E-state index >= 15 is 0 Å². The smallest absolute Gasteiger partial charge is 0.0880 e. The van der Waals surface area contributed by atoms with Crippen LogP contribution < -0.4 is 0 Å². The fraction of sp³-hybridized carbons (Fsp3) is 0.300. The van der Waals surface area contributed by atoms with Gasteiger partial charge in [0.15, 0.2) is 0 Å². The number of hydrogen-bond donors (Lipinski definition) is 0. The normalized spacial score (nSPS) is 17.2. The summed E-state index contributed by atoms with van der Waals surface area (Å²) in [6, 6.07) is 20.4. The summed E-state index contributed by atoms with van der Waals surface area (Å²) < 4.78 is 2.69. The highest BCUT2D eigenvalue weighted by Gasteiger charge is 2.37. The van der Waals surface area contributed by atoms with Crippen LogP contribution in [-0.2, 0) is 10.8 Å². The second-order valence-corrected chi connectivity index (χ2v) is 11.9. The molecule has 1 nitrogen and oxygen atoms in total. The number of nitrogens with zero attached hydrogens (tertiary/aromatic N) is 1. The summed E-state index contributed by atoms with van der Waals surface area (Å²) in [5.74, 6) is 0. The van der Waals surface area contributed by atoms with Crippen LogP contribution in [0.15, 0.2) is 60.8 Å². The van der Waals surface area contributed by atoms with Gasteiger partial charge in [0.2, 0.25) is 0 Å². The van der Waals surface area contributed by atoms with Crippen LogP contribution in [-0.4, -0.2) is 4.98 Å². The Bertz CT molecular complexity index is 1530. The maximum atomic E-state index is 4.89. The third-order valence-electron chi connectivity index (χ3n) is 7.70. The van der Waals surface area contributed by atoms with Gasteiger partial charge in [0.05, 0.1) is 10.4 Å². The first kappa shape index (κ1) is 19.9. The van der Waals surface area contributed by atoms with Gasteiger partial charge < -0.3 is 0 Å². The summed E-state index contributed by atoms with van der Waals surface area (Å²) in [5.41, 5.74) is 7.13. The van der Waals surface area contributed by atoms with Gasteiger partial charge in [-0.1, -0.05) is 52.0 Å². The monoisotopic (exact) mass is 435 g/mol. The third-order valence-corrected chi connectivity index (χ3v) is 8.88. The molecule has 0 bridgehead atoms. The number of aryl methyl sites for hydroxylation is 1. The molecule has 0 spiro atoms. The summed E-state index contributed by atoms with van der Waals surface area (Å²) in [6.07, 6.45) is 4.47. The van der Waals surface area contributed by atoms with E-state index in [0.717, 1.165) is 5.69 Å². The molecule has 160 valence electrons. The van der Waals surface area contributed by atoms with Gasteiger partial charge in [-0.3, -0.25) is 4.98 Å². The van der Waals surface area contributed by atoms with Gasteiger partial charge in [-0.15, -0.1) is 11.3 Å². The summed E-state index contributed by atoms with van der Waals surface area (Å²) in [7, 11) is 0. The van der Waals surface area contributed by atoms with Crippen LogP contribution in [0, 0.1) is 6.92 Å². The average molecular weight is 436 g/mol. The Morgan fingerprint density at radius 2 is 1.50 bits per heavy atom. The summed E-state index contributed by atoms with van der Waals surface area (Å²) >= 11 is 1.91. The Morgan fingerprint density at radius 3 is 2.28 bits per heavy atom. The molecule has 1 aliphatic rings. The Balaban J connectivity index is 1.64. The van der Waals surface area contributed by atoms with E-state index in [1.807, 2.05) is 17.5 Å². The molecule has 0 saturated carbocycles. The molecule has 0 radical (unpaired) electrons. The van der Waals surface area contributed by atoms with Crippen molar-refractivity contribution in [1.82, 2.24) is 4.98 Å². The minimum Gasteiger partial charge on any atom is -0.255 e. The molecule has 0 atom stereocenters. The molecule has 5 aromatic rings. The Labute approximate surface area is 194 Å². The van der Waals surface area contributed by atoms with Gasteiger partial charge in [0.25, 0.3) is 0 Å². The lowest BCUT2D eigenvalue weighted by Gasteiger charge is -2.41. The molecule has 0 N–H and O–H groups in total. The van der Waals surface area contributed by atoms with Crippen molar-refractivity contribution in [2.24, 2.45) is 0 Å². The van der Waals surface area contributed by atoms with E-state index in [9.17, 15) is 0 Å². The zero-order valence-corrected chi connectivity index (χ0v) is 20.4. The topological polar surface area (TPSA) is 12.9 Å². The lowest BCUT2D eigenvalue weighted by molar-refractivity contribution is 0.332. The molecule has 0 saturated heterocycles. The second-order valence-electron chi connectivity index (χ2n) is 10.8. The van der Waals surface area contributed by atoms with E-state index < -0.39 is 0 Å².